The minimum Gasteiger partial charge on any atom is -0.380 e. The third-order valence-corrected chi connectivity index (χ3v) is 2.69. The summed E-state index contributed by atoms with van der Waals surface area (Å²) in [5.74, 6) is 0.0364. The van der Waals surface area contributed by atoms with Crippen molar-refractivity contribution in [2.75, 3.05) is 0 Å². The van der Waals surface area contributed by atoms with Crippen molar-refractivity contribution >= 4 is 11.6 Å². The number of hydrogen-bond donors (Lipinski definition) is 1. The van der Waals surface area contributed by atoms with E-state index in [2.05, 4.69) is 4.98 Å². The molecule has 3 nitrogen and oxygen atoms in total. The first-order valence-electron chi connectivity index (χ1n) is 4.70. The smallest absolute Gasteiger partial charge is 0.142 e. The van der Waals surface area contributed by atoms with Crippen LogP contribution in [-0.4, -0.2) is 14.7 Å². The molecule has 16 heavy (non-hydrogen) atoms. The van der Waals surface area contributed by atoms with E-state index in [1.807, 2.05) is 0 Å². The van der Waals surface area contributed by atoms with Crippen molar-refractivity contribution in [1.29, 1.82) is 0 Å². The Morgan fingerprint density at radius 1 is 1.50 bits per heavy atom. The molecule has 1 atom stereocenters. The molecule has 0 aliphatic rings. The monoisotopic (exact) mass is 240 g/mol. The van der Waals surface area contributed by atoms with Crippen LogP contribution in [0.2, 0.25) is 5.02 Å². The van der Waals surface area contributed by atoms with E-state index in [0.29, 0.717) is 11.4 Å². The Kier molecular flexibility index (Phi) is 2.94. The number of aryl methyl sites for hydroxylation is 1. The van der Waals surface area contributed by atoms with Gasteiger partial charge in [0.25, 0.3) is 0 Å². The number of imidazole rings is 1. The Morgan fingerprint density at radius 3 is 2.81 bits per heavy atom. The molecule has 1 heterocycles. The molecule has 2 rings (SSSR count). The molecule has 1 unspecified atom stereocenters. The van der Waals surface area contributed by atoms with Gasteiger partial charge in [-0.1, -0.05) is 17.7 Å². The van der Waals surface area contributed by atoms with E-state index >= 15 is 0 Å². The van der Waals surface area contributed by atoms with Gasteiger partial charge >= 0.3 is 0 Å². The fourth-order valence-corrected chi connectivity index (χ4v) is 1.77. The summed E-state index contributed by atoms with van der Waals surface area (Å²) in [5.41, 5.74) is 0.442. The van der Waals surface area contributed by atoms with Crippen molar-refractivity contribution in [3.63, 3.8) is 0 Å². The molecule has 0 saturated carbocycles. The first-order valence-corrected chi connectivity index (χ1v) is 5.07. The second kappa shape index (κ2) is 4.23. The van der Waals surface area contributed by atoms with E-state index in [0.717, 1.165) is 0 Å². The lowest BCUT2D eigenvalue weighted by Gasteiger charge is -2.12. The zero-order valence-corrected chi connectivity index (χ0v) is 9.32. The van der Waals surface area contributed by atoms with Gasteiger partial charge in [0.15, 0.2) is 0 Å². The van der Waals surface area contributed by atoms with Gasteiger partial charge in [-0.2, -0.15) is 0 Å². The van der Waals surface area contributed by atoms with Gasteiger partial charge in [0.05, 0.1) is 0 Å². The Hall–Kier alpha value is -1.39. The summed E-state index contributed by atoms with van der Waals surface area (Å²) in [6, 6.07) is 3.88. The SMILES string of the molecule is Cn1ccnc1C(O)c1ccc(F)cc1Cl. The highest BCUT2D eigenvalue weighted by molar-refractivity contribution is 6.31. The van der Waals surface area contributed by atoms with Gasteiger partial charge in [0.1, 0.15) is 17.7 Å². The van der Waals surface area contributed by atoms with Gasteiger partial charge in [-0.15, -0.1) is 0 Å². The number of aliphatic hydroxyl groups excluding tert-OH is 1. The zero-order chi connectivity index (χ0) is 11.7. The number of aliphatic hydroxyl groups is 1. The van der Waals surface area contributed by atoms with Crippen molar-refractivity contribution < 1.29 is 9.50 Å². The van der Waals surface area contributed by atoms with Gasteiger partial charge in [-0.25, -0.2) is 9.37 Å². The van der Waals surface area contributed by atoms with Crippen LogP contribution in [0.5, 0.6) is 0 Å². The van der Waals surface area contributed by atoms with Gasteiger partial charge in [-0.05, 0) is 12.1 Å². The molecule has 0 spiro atoms. The number of rotatable bonds is 2. The molecule has 1 aromatic carbocycles. The summed E-state index contributed by atoms with van der Waals surface area (Å²) < 4.78 is 14.5. The fourth-order valence-electron chi connectivity index (χ4n) is 1.50. The van der Waals surface area contributed by atoms with Gasteiger partial charge in [0, 0.05) is 30.0 Å². The number of aromatic nitrogens is 2. The number of nitrogens with zero attached hydrogens (tertiary/aromatic N) is 2. The average Bonchev–Trinajstić information content (AvgIpc) is 2.63. The lowest BCUT2D eigenvalue weighted by molar-refractivity contribution is 0.206. The number of benzene rings is 1. The normalized spacial score (nSPS) is 12.8. The molecule has 0 saturated heterocycles. The molecule has 84 valence electrons. The van der Waals surface area contributed by atoms with Crippen LogP contribution in [0, 0.1) is 5.82 Å². The third-order valence-electron chi connectivity index (χ3n) is 2.36. The minimum atomic E-state index is -0.951. The third kappa shape index (κ3) is 1.94. The van der Waals surface area contributed by atoms with Crippen molar-refractivity contribution in [3.05, 3.63) is 52.8 Å². The first-order chi connectivity index (χ1) is 7.59. The van der Waals surface area contributed by atoms with Crippen molar-refractivity contribution in [2.24, 2.45) is 7.05 Å². The van der Waals surface area contributed by atoms with Gasteiger partial charge in [-0.3, -0.25) is 0 Å². The molecule has 0 fully saturated rings. The van der Waals surface area contributed by atoms with Crippen molar-refractivity contribution in [1.82, 2.24) is 9.55 Å². The second-order valence-electron chi connectivity index (χ2n) is 3.46. The van der Waals surface area contributed by atoms with E-state index < -0.39 is 11.9 Å². The molecule has 0 aliphatic heterocycles. The topological polar surface area (TPSA) is 38.0 Å². The maximum Gasteiger partial charge on any atom is 0.142 e. The molecular weight excluding hydrogens is 231 g/mol. The standard InChI is InChI=1S/C11H10ClFN2O/c1-15-5-4-14-11(15)10(16)8-3-2-7(13)6-9(8)12/h2-6,10,16H,1H3. The van der Waals surface area contributed by atoms with Crippen LogP contribution in [0.25, 0.3) is 0 Å². The van der Waals surface area contributed by atoms with Crippen LogP contribution in [0.3, 0.4) is 0 Å². The van der Waals surface area contributed by atoms with Crippen LogP contribution in [0.4, 0.5) is 4.39 Å². The van der Waals surface area contributed by atoms with Crippen LogP contribution in [0.1, 0.15) is 17.5 Å². The van der Waals surface area contributed by atoms with E-state index in [9.17, 15) is 9.50 Å². The predicted molar refractivity (Wildman–Crippen MR) is 58.7 cm³/mol. The number of hydrogen-bond acceptors (Lipinski definition) is 2. The molecule has 1 aromatic heterocycles. The lowest BCUT2D eigenvalue weighted by atomic mass is 10.1. The van der Waals surface area contributed by atoms with E-state index in [-0.39, 0.29) is 5.02 Å². The quantitative estimate of drug-likeness (QED) is 0.875. The van der Waals surface area contributed by atoms with Crippen LogP contribution >= 0.6 is 11.6 Å². The Balaban J connectivity index is 2.41. The molecule has 0 aliphatic carbocycles. The summed E-state index contributed by atoms with van der Waals surface area (Å²) >= 11 is 5.86. The van der Waals surface area contributed by atoms with Crippen molar-refractivity contribution in [3.8, 4) is 0 Å². The Labute approximate surface area is 97.1 Å². The summed E-state index contributed by atoms with van der Waals surface area (Å²) in [5, 5.41) is 10.2. The summed E-state index contributed by atoms with van der Waals surface area (Å²) in [4.78, 5) is 4.02. The van der Waals surface area contributed by atoms with Gasteiger partial charge < -0.3 is 9.67 Å². The maximum atomic E-state index is 12.8. The number of halogens is 2. The van der Waals surface area contributed by atoms with Crippen LogP contribution in [0.15, 0.2) is 30.6 Å². The average molecular weight is 241 g/mol. The largest absolute Gasteiger partial charge is 0.380 e. The summed E-state index contributed by atoms with van der Waals surface area (Å²) in [7, 11) is 1.77. The van der Waals surface area contributed by atoms with Crippen LogP contribution < -0.4 is 0 Å². The highest BCUT2D eigenvalue weighted by atomic mass is 35.5. The predicted octanol–water partition coefficient (Wildman–Crippen LogP) is 2.29. The van der Waals surface area contributed by atoms with E-state index in [1.165, 1.54) is 18.2 Å². The van der Waals surface area contributed by atoms with Crippen LogP contribution in [-0.2, 0) is 7.05 Å². The molecule has 5 heteroatoms. The van der Waals surface area contributed by atoms with Crippen molar-refractivity contribution in [2.45, 2.75) is 6.10 Å². The zero-order valence-electron chi connectivity index (χ0n) is 8.56. The highest BCUT2D eigenvalue weighted by Crippen LogP contribution is 2.27. The molecular formula is C11H10ClFN2O. The van der Waals surface area contributed by atoms with E-state index in [1.54, 1.807) is 24.0 Å². The fraction of sp³-hybridized carbons (Fsp3) is 0.182. The Morgan fingerprint density at radius 2 is 2.25 bits per heavy atom. The molecule has 1 N–H and O–H groups in total. The second-order valence-corrected chi connectivity index (χ2v) is 3.87. The lowest BCUT2D eigenvalue weighted by Crippen LogP contribution is -2.07. The first kappa shape index (κ1) is 11.1. The van der Waals surface area contributed by atoms with E-state index in [4.69, 9.17) is 11.6 Å². The summed E-state index contributed by atoms with van der Waals surface area (Å²) in [6.45, 7) is 0. The Bertz CT molecular complexity index is 512. The molecule has 2 aromatic rings. The molecule has 0 amide bonds. The highest BCUT2D eigenvalue weighted by Gasteiger charge is 2.17. The molecule has 0 radical (unpaired) electrons. The maximum absolute atomic E-state index is 12.8. The molecule has 0 bridgehead atoms. The summed E-state index contributed by atoms with van der Waals surface area (Å²) in [6.07, 6.45) is 2.35. The minimum absolute atomic E-state index is 0.190. The van der Waals surface area contributed by atoms with Gasteiger partial charge in [0.2, 0.25) is 0 Å².